The number of benzene rings is 2. The highest BCUT2D eigenvalue weighted by Gasteiger charge is 2.20. The zero-order chi connectivity index (χ0) is 16.7. The Labute approximate surface area is 139 Å². The highest BCUT2D eigenvalue weighted by molar-refractivity contribution is 6.45. The van der Waals surface area contributed by atoms with Gasteiger partial charge in [-0.05, 0) is 24.6 Å². The Hall–Kier alpha value is -2.17. The van der Waals surface area contributed by atoms with Crippen molar-refractivity contribution in [1.82, 2.24) is 0 Å². The van der Waals surface area contributed by atoms with Gasteiger partial charge in [0.25, 0.3) is 0 Å². The molecule has 4 heteroatoms. The van der Waals surface area contributed by atoms with Crippen molar-refractivity contribution in [2.75, 3.05) is 0 Å². The summed E-state index contributed by atoms with van der Waals surface area (Å²) in [6, 6.07) is 20.2. The van der Waals surface area contributed by atoms with E-state index >= 15 is 0 Å². The van der Waals surface area contributed by atoms with Gasteiger partial charge in [-0.15, -0.1) is 0 Å². The summed E-state index contributed by atoms with van der Waals surface area (Å²) < 4.78 is 11.5. The normalized spacial score (nSPS) is 13.1. The second-order valence-electron chi connectivity index (χ2n) is 5.48. The predicted octanol–water partition coefficient (Wildman–Crippen LogP) is 3.96. The molecule has 0 aliphatic rings. The van der Waals surface area contributed by atoms with E-state index < -0.39 is 9.28 Å². The van der Waals surface area contributed by atoms with E-state index in [1.807, 2.05) is 55.1 Å². The number of carbonyl (C=O) groups excluding carboxylic acids is 1. The summed E-state index contributed by atoms with van der Waals surface area (Å²) in [5.41, 5.74) is 2.67. The fraction of sp³-hybridized carbons (Fsp3) is 0.211. The summed E-state index contributed by atoms with van der Waals surface area (Å²) in [7, 11) is -2.10. The molecule has 0 fully saturated rings. The van der Waals surface area contributed by atoms with Crippen molar-refractivity contribution in [3.05, 3.63) is 83.9 Å². The van der Waals surface area contributed by atoms with Gasteiger partial charge in [0.1, 0.15) is 0 Å². The van der Waals surface area contributed by atoms with Crippen LogP contribution in [0.3, 0.4) is 0 Å². The molecule has 0 aliphatic carbocycles. The van der Waals surface area contributed by atoms with E-state index in [1.165, 1.54) is 5.56 Å². The van der Waals surface area contributed by atoms with Crippen molar-refractivity contribution in [2.24, 2.45) is 0 Å². The number of rotatable bonds is 7. The topological polar surface area (TPSA) is 35.5 Å². The lowest BCUT2D eigenvalue weighted by atomic mass is 10.0. The maximum atomic E-state index is 11.7. The van der Waals surface area contributed by atoms with E-state index in [2.05, 4.69) is 18.7 Å². The first kappa shape index (κ1) is 17.2. The largest absolute Gasteiger partial charge is 0.493 e. The smallest absolute Gasteiger partial charge is 0.383 e. The van der Waals surface area contributed by atoms with E-state index in [0.717, 1.165) is 12.0 Å². The standard InChI is InChI=1S/C19H22O3Si/c1-15(2)19(20)22-23(3)21-18(17-12-8-5-9-13-17)14-16-10-6-4-7-11-16/h4-13,18,23H,1,14H2,2-3H3. The minimum absolute atomic E-state index is 0.127. The average molecular weight is 326 g/mol. The van der Waals surface area contributed by atoms with Crippen molar-refractivity contribution < 1.29 is 13.6 Å². The van der Waals surface area contributed by atoms with Crippen LogP contribution in [0.25, 0.3) is 0 Å². The summed E-state index contributed by atoms with van der Waals surface area (Å²) in [4.78, 5) is 11.7. The zero-order valence-electron chi connectivity index (χ0n) is 13.6. The van der Waals surface area contributed by atoms with Crippen molar-refractivity contribution in [1.29, 1.82) is 0 Å². The van der Waals surface area contributed by atoms with Crippen molar-refractivity contribution in [3.8, 4) is 0 Å². The molecule has 0 N–H and O–H groups in total. The Balaban J connectivity index is 2.11. The summed E-state index contributed by atoms with van der Waals surface area (Å²) >= 11 is 0. The van der Waals surface area contributed by atoms with E-state index in [4.69, 9.17) is 8.85 Å². The molecule has 0 aliphatic heterocycles. The summed E-state index contributed by atoms with van der Waals surface area (Å²) in [5.74, 6) is -0.379. The molecule has 0 aromatic heterocycles. The first-order valence-corrected chi connectivity index (χ1v) is 9.77. The van der Waals surface area contributed by atoms with E-state index in [0.29, 0.717) is 5.57 Å². The first-order chi connectivity index (χ1) is 11.1. The quantitative estimate of drug-likeness (QED) is 0.571. The monoisotopic (exact) mass is 326 g/mol. The molecule has 23 heavy (non-hydrogen) atoms. The van der Waals surface area contributed by atoms with Gasteiger partial charge in [-0.2, -0.15) is 0 Å². The van der Waals surface area contributed by atoms with Gasteiger partial charge in [0.05, 0.1) is 6.10 Å². The van der Waals surface area contributed by atoms with Crippen LogP contribution in [-0.2, 0) is 20.1 Å². The van der Waals surface area contributed by atoms with Crippen LogP contribution in [0.2, 0.25) is 6.55 Å². The van der Waals surface area contributed by atoms with Crippen molar-refractivity contribution in [3.63, 3.8) is 0 Å². The van der Waals surface area contributed by atoms with E-state index in [-0.39, 0.29) is 12.1 Å². The molecule has 2 aromatic rings. The fourth-order valence-corrected chi connectivity index (χ4v) is 3.53. The summed E-state index contributed by atoms with van der Waals surface area (Å²) in [6.07, 6.45) is 0.616. The molecular weight excluding hydrogens is 304 g/mol. The second-order valence-corrected chi connectivity index (χ2v) is 7.12. The third-order valence-corrected chi connectivity index (χ3v) is 4.67. The number of hydrogen-bond donors (Lipinski definition) is 0. The maximum Gasteiger partial charge on any atom is 0.383 e. The summed E-state index contributed by atoms with van der Waals surface area (Å²) in [5, 5.41) is 0. The molecule has 0 saturated heterocycles. The molecule has 0 spiro atoms. The molecule has 0 saturated carbocycles. The third-order valence-electron chi connectivity index (χ3n) is 3.41. The highest BCUT2D eigenvalue weighted by atomic mass is 28.3. The Morgan fingerprint density at radius 1 is 1.09 bits per heavy atom. The van der Waals surface area contributed by atoms with Crippen LogP contribution in [0.5, 0.6) is 0 Å². The minimum atomic E-state index is -2.10. The van der Waals surface area contributed by atoms with Gasteiger partial charge in [-0.1, -0.05) is 67.2 Å². The van der Waals surface area contributed by atoms with Gasteiger partial charge in [-0.3, -0.25) is 0 Å². The van der Waals surface area contributed by atoms with Gasteiger partial charge in [-0.25, -0.2) is 4.79 Å². The molecule has 120 valence electrons. The molecule has 2 atom stereocenters. The van der Waals surface area contributed by atoms with Crippen LogP contribution < -0.4 is 0 Å². The Morgan fingerprint density at radius 3 is 2.22 bits per heavy atom. The molecule has 0 amide bonds. The molecule has 2 rings (SSSR count). The van der Waals surface area contributed by atoms with Gasteiger partial charge < -0.3 is 8.85 Å². The zero-order valence-corrected chi connectivity index (χ0v) is 14.7. The van der Waals surface area contributed by atoms with Gasteiger partial charge in [0.2, 0.25) is 0 Å². The third kappa shape index (κ3) is 5.51. The van der Waals surface area contributed by atoms with Crippen molar-refractivity contribution in [2.45, 2.75) is 26.0 Å². The second kappa shape index (κ2) is 8.46. The van der Waals surface area contributed by atoms with Crippen LogP contribution in [0.1, 0.15) is 24.2 Å². The molecule has 2 unspecified atom stereocenters. The molecule has 0 heterocycles. The lowest BCUT2D eigenvalue weighted by molar-refractivity contribution is -0.131. The van der Waals surface area contributed by atoms with Crippen LogP contribution in [0, 0.1) is 0 Å². The Morgan fingerprint density at radius 2 is 1.65 bits per heavy atom. The van der Waals surface area contributed by atoms with Gasteiger partial charge in [0.15, 0.2) is 0 Å². The first-order valence-electron chi connectivity index (χ1n) is 7.67. The average Bonchev–Trinajstić information content (AvgIpc) is 2.56. The van der Waals surface area contributed by atoms with E-state index in [9.17, 15) is 4.79 Å². The van der Waals surface area contributed by atoms with Crippen molar-refractivity contribution >= 4 is 15.3 Å². The van der Waals surface area contributed by atoms with Gasteiger partial charge >= 0.3 is 15.3 Å². The molecule has 2 aromatic carbocycles. The van der Waals surface area contributed by atoms with E-state index in [1.54, 1.807) is 6.92 Å². The number of hydrogen-bond acceptors (Lipinski definition) is 3. The fourth-order valence-electron chi connectivity index (χ4n) is 2.25. The molecule has 3 nitrogen and oxygen atoms in total. The SMILES string of the molecule is C=C(C)C(=O)O[SiH](C)OC(Cc1ccccc1)c1ccccc1. The van der Waals surface area contributed by atoms with Crippen LogP contribution >= 0.6 is 0 Å². The molecule has 0 bridgehead atoms. The minimum Gasteiger partial charge on any atom is -0.493 e. The lowest BCUT2D eigenvalue weighted by Gasteiger charge is -2.22. The summed E-state index contributed by atoms with van der Waals surface area (Å²) in [6.45, 7) is 7.11. The number of carbonyl (C=O) groups is 1. The van der Waals surface area contributed by atoms with Crippen LogP contribution in [0.15, 0.2) is 72.8 Å². The highest BCUT2D eigenvalue weighted by Crippen LogP contribution is 2.23. The predicted molar refractivity (Wildman–Crippen MR) is 94.3 cm³/mol. The molecule has 0 radical (unpaired) electrons. The lowest BCUT2D eigenvalue weighted by Crippen LogP contribution is -2.26. The maximum absolute atomic E-state index is 11.7. The van der Waals surface area contributed by atoms with Gasteiger partial charge in [0, 0.05) is 12.0 Å². The Bertz CT molecular complexity index is 640. The van der Waals surface area contributed by atoms with Crippen LogP contribution in [-0.4, -0.2) is 15.3 Å². The van der Waals surface area contributed by atoms with Crippen LogP contribution in [0.4, 0.5) is 0 Å². The molecular formula is C19H22O3Si. The Kier molecular flexibility index (Phi) is 6.32.